The van der Waals surface area contributed by atoms with Crippen molar-refractivity contribution in [1.82, 2.24) is 4.90 Å². The molecule has 0 bridgehead atoms. The van der Waals surface area contributed by atoms with Crippen LogP contribution < -0.4 is 0 Å². The van der Waals surface area contributed by atoms with Gasteiger partial charge in [-0.1, -0.05) is 0 Å². The molecule has 2 unspecified atom stereocenters. The smallest absolute Gasteiger partial charge is 0.308 e. The number of hydrogen-bond donors (Lipinski definition) is 0. The molecule has 0 aromatic heterocycles. The normalized spacial score (nSPS) is 23.4. The fraction of sp³-hybridized carbons (Fsp3) is 0.917. The summed E-state index contributed by atoms with van der Waals surface area (Å²) in [5, 5.41) is 0. The summed E-state index contributed by atoms with van der Waals surface area (Å²) in [7, 11) is 3.12. The molecule has 1 saturated heterocycles. The number of morpholine rings is 1. The molecular formula is C12H23NO4. The van der Waals surface area contributed by atoms with Crippen molar-refractivity contribution in [3.8, 4) is 0 Å². The van der Waals surface area contributed by atoms with Crippen molar-refractivity contribution in [3.05, 3.63) is 0 Å². The maximum absolute atomic E-state index is 11.2. The zero-order valence-corrected chi connectivity index (χ0v) is 11.0. The molecule has 5 heteroatoms. The predicted molar refractivity (Wildman–Crippen MR) is 63.9 cm³/mol. The maximum Gasteiger partial charge on any atom is 0.308 e. The van der Waals surface area contributed by atoms with E-state index in [1.807, 2.05) is 0 Å². The molecule has 0 spiro atoms. The van der Waals surface area contributed by atoms with Crippen LogP contribution >= 0.6 is 0 Å². The molecule has 0 aliphatic carbocycles. The molecule has 1 fully saturated rings. The van der Waals surface area contributed by atoms with Crippen molar-refractivity contribution in [1.29, 1.82) is 0 Å². The van der Waals surface area contributed by atoms with E-state index in [0.29, 0.717) is 19.1 Å². The molecule has 1 rings (SSSR count). The van der Waals surface area contributed by atoms with Gasteiger partial charge in [-0.3, -0.25) is 9.69 Å². The summed E-state index contributed by atoms with van der Waals surface area (Å²) in [6.07, 6.45) is 1.30. The van der Waals surface area contributed by atoms with Gasteiger partial charge in [0.1, 0.15) is 0 Å². The largest absolute Gasteiger partial charge is 0.469 e. The first-order valence-electron chi connectivity index (χ1n) is 6.08. The molecule has 1 aliphatic heterocycles. The minimum Gasteiger partial charge on any atom is -0.469 e. The van der Waals surface area contributed by atoms with Gasteiger partial charge in [-0.05, 0) is 13.3 Å². The lowest BCUT2D eigenvalue weighted by atomic mass is 10.1. The molecule has 0 radical (unpaired) electrons. The van der Waals surface area contributed by atoms with Crippen molar-refractivity contribution < 1.29 is 19.0 Å². The summed E-state index contributed by atoms with van der Waals surface area (Å²) in [6, 6.07) is 0.457. The molecule has 17 heavy (non-hydrogen) atoms. The van der Waals surface area contributed by atoms with E-state index < -0.39 is 0 Å². The average molecular weight is 245 g/mol. The molecule has 0 N–H and O–H groups in total. The summed E-state index contributed by atoms with van der Waals surface area (Å²) in [4.78, 5) is 13.5. The van der Waals surface area contributed by atoms with Crippen LogP contribution in [0.5, 0.6) is 0 Å². The third kappa shape index (κ3) is 5.02. The Kier molecular flexibility index (Phi) is 6.47. The van der Waals surface area contributed by atoms with Crippen molar-refractivity contribution in [2.24, 2.45) is 0 Å². The van der Waals surface area contributed by atoms with Crippen LogP contribution in [0.3, 0.4) is 0 Å². The molecule has 1 aliphatic rings. The Labute approximate surface area is 103 Å². The van der Waals surface area contributed by atoms with Crippen LogP contribution in [0.15, 0.2) is 0 Å². The molecule has 5 nitrogen and oxygen atoms in total. The zero-order chi connectivity index (χ0) is 12.7. The lowest BCUT2D eigenvalue weighted by Gasteiger charge is -2.36. The first kappa shape index (κ1) is 14.4. The van der Waals surface area contributed by atoms with Crippen molar-refractivity contribution in [2.45, 2.75) is 31.9 Å². The van der Waals surface area contributed by atoms with E-state index in [9.17, 15) is 4.79 Å². The van der Waals surface area contributed by atoms with E-state index in [4.69, 9.17) is 9.47 Å². The number of carbonyl (C=O) groups is 1. The molecule has 2 atom stereocenters. The van der Waals surface area contributed by atoms with E-state index in [1.165, 1.54) is 7.11 Å². The third-order valence-electron chi connectivity index (χ3n) is 3.16. The Balaban J connectivity index is 2.34. The van der Waals surface area contributed by atoms with E-state index in [-0.39, 0.29) is 12.1 Å². The number of esters is 1. The van der Waals surface area contributed by atoms with E-state index in [0.717, 1.165) is 26.1 Å². The quantitative estimate of drug-likeness (QED) is 0.644. The van der Waals surface area contributed by atoms with Gasteiger partial charge in [-0.15, -0.1) is 0 Å². The highest BCUT2D eigenvalue weighted by atomic mass is 16.5. The van der Waals surface area contributed by atoms with Gasteiger partial charge in [0, 0.05) is 32.8 Å². The predicted octanol–water partition coefficient (Wildman–Crippen LogP) is 0.675. The number of rotatable bonds is 6. The molecular weight excluding hydrogens is 222 g/mol. The number of nitrogens with zero attached hydrogens (tertiary/aromatic N) is 1. The Morgan fingerprint density at radius 2 is 2.29 bits per heavy atom. The Bertz CT molecular complexity index is 235. The van der Waals surface area contributed by atoms with E-state index in [1.54, 1.807) is 7.11 Å². The Morgan fingerprint density at radius 1 is 1.53 bits per heavy atom. The third-order valence-corrected chi connectivity index (χ3v) is 3.16. The first-order chi connectivity index (χ1) is 8.17. The molecule has 1 heterocycles. The number of hydrogen-bond acceptors (Lipinski definition) is 5. The van der Waals surface area contributed by atoms with Crippen LogP contribution in [0.1, 0.15) is 19.8 Å². The van der Waals surface area contributed by atoms with Crippen molar-refractivity contribution in [3.63, 3.8) is 0 Å². The van der Waals surface area contributed by atoms with Gasteiger partial charge in [-0.2, -0.15) is 0 Å². The lowest BCUT2D eigenvalue weighted by Crippen LogP contribution is -2.47. The molecule has 100 valence electrons. The minimum atomic E-state index is -0.207. The SMILES string of the molecule is COCCC(C)N1CCOC(CC(=O)OC)C1. The summed E-state index contributed by atoms with van der Waals surface area (Å²) < 4.78 is 15.3. The van der Waals surface area contributed by atoms with Crippen LogP contribution in [0.25, 0.3) is 0 Å². The van der Waals surface area contributed by atoms with Crippen LogP contribution in [-0.2, 0) is 19.0 Å². The van der Waals surface area contributed by atoms with Crippen LogP contribution in [0.4, 0.5) is 0 Å². The molecule has 0 saturated carbocycles. The standard InChI is InChI=1S/C12H23NO4/c1-10(4-6-15-2)13-5-7-17-11(9-13)8-12(14)16-3/h10-11H,4-9H2,1-3H3. The van der Waals surface area contributed by atoms with E-state index in [2.05, 4.69) is 16.6 Å². The Hall–Kier alpha value is -0.650. The van der Waals surface area contributed by atoms with Crippen LogP contribution in [-0.4, -0.2) is 63.5 Å². The summed E-state index contributed by atoms with van der Waals surface area (Å²) in [6.45, 7) is 5.33. The average Bonchev–Trinajstić information content (AvgIpc) is 2.36. The van der Waals surface area contributed by atoms with Gasteiger partial charge in [0.2, 0.25) is 0 Å². The maximum atomic E-state index is 11.2. The monoisotopic (exact) mass is 245 g/mol. The van der Waals surface area contributed by atoms with Crippen LogP contribution in [0, 0.1) is 0 Å². The zero-order valence-electron chi connectivity index (χ0n) is 11.0. The van der Waals surface area contributed by atoms with Gasteiger partial charge < -0.3 is 14.2 Å². The van der Waals surface area contributed by atoms with Gasteiger partial charge in [-0.25, -0.2) is 0 Å². The highest BCUT2D eigenvalue weighted by Gasteiger charge is 2.25. The fourth-order valence-corrected chi connectivity index (χ4v) is 2.01. The van der Waals surface area contributed by atoms with Gasteiger partial charge in [0.15, 0.2) is 0 Å². The molecule has 0 aromatic carbocycles. The highest BCUT2D eigenvalue weighted by Crippen LogP contribution is 2.13. The van der Waals surface area contributed by atoms with Gasteiger partial charge in [0.25, 0.3) is 0 Å². The molecule has 0 amide bonds. The Morgan fingerprint density at radius 3 is 2.94 bits per heavy atom. The second-order valence-electron chi connectivity index (χ2n) is 4.40. The van der Waals surface area contributed by atoms with Gasteiger partial charge >= 0.3 is 5.97 Å². The lowest BCUT2D eigenvalue weighted by molar-refractivity contribution is -0.146. The van der Waals surface area contributed by atoms with Crippen LogP contribution in [0.2, 0.25) is 0 Å². The topological polar surface area (TPSA) is 48.0 Å². The highest BCUT2D eigenvalue weighted by molar-refractivity contribution is 5.69. The number of ether oxygens (including phenoxy) is 3. The van der Waals surface area contributed by atoms with E-state index >= 15 is 0 Å². The van der Waals surface area contributed by atoms with Crippen molar-refractivity contribution >= 4 is 5.97 Å². The second-order valence-corrected chi connectivity index (χ2v) is 4.40. The minimum absolute atomic E-state index is 0.0406. The summed E-state index contributed by atoms with van der Waals surface area (Å²) >= 11 is 0. The second kappa shape index (κ2) is 7.63. The van der Waals surface area contributed by atoms with Crippen molar-refractivity contribution in [2.75, 3.05) is 40.5 Å². The fourth-order valence-electron chi connectivity index (χ4n) is 2.01. The first-order valence-corrected chi connectivity index (χ1v) is 6.08. The summed E-state index contributed by atoms with van der Waals surface area (Å²) in [5.74, 6) is -0.207. The van der Waals surface area contributed by atoms with Gasteiger partial charge in [0.05, 0.1) is 26.2 Å². The number of methoxy groups -OCH3 is 2. The molecule has 0 aromatic rings. The summed E-state index contributed by atoms with van der Waals surface area (Å²) in [5.41, 5.74) is 0. The number of carbonyl (C=O) groups excluding carboxylic acids is 1.